The summed E-state index contributed by atoms with van der Waals surface area (Å²) in [6.45, 7) is 2.40. The zero-order valence-corrected chi connectivity index (χ0v) is 12.0. The van der Waals surface area contributed by atoms with Gasteiger partial charge in [-0.25, -0.2) is 14.8 Å². The Hall–Kier alpha value is -2.47. The third-order valence-corrected chi connectivity index (χ3v) is 2.85. The summed E-state index contributed by atoms with van der Waals surface area (Å²) >= 11 is 0. The molecule has 0 aliphatic heterocycles. The summed E-state index contributed by atoms with van der Waals surface area (Å²) in [6, 6.07) is 8.48. The van der Waals surface area contributed by atoms with Crippen molar-refractivity contribution in [2.24, 2.45) is 0 Å². The molecule has 0 amide bonds. The van der Waals surface area contributed by atoms with Crippen LogP contribution in [0.3, 0.4) is 0 Å². The number of hydrogen-bond acceptors (Lipinski definition) is 5. The lowest BCUT2D eigenvalue weighted by atomic mass is 10.2. The fourth-order valence-electron chi connectivity index (χ4n) is 1.92. The van der Waals surface area contributed by atoms with Crippen LogP contribution in [0.25, 0.3) is 0 Å². The fourth-order valence-corrected chi connectivity index (χ4v) is 1.92. The Morgan fingerprint density at radius 3 is 2.81 bits per heavy atom. The van der Waals surface area contributed by atoms with Crippen LogP contribution < -0.4 is 5.32 Å². The molecule has 0 spiro atoms. The number of anilines is 2. The number of carboxylic acid groups (broad SMARTS) is 1. The fraction of sp³-hybridized carbons (Fsp3) is 0.267. The van der Waals surface area contributed by atoms with Crippen LogP contribution in [-0.4, -0.2) is 34.8 Å². The molecule has 2 N–H and O–H groups in total. The molecule has 110 valence electrons. The van der Waals surface area contributed by atoms with E-state index in [1.54, 1.807) is 37.4 Å². The summed E-state index contributed by atoms with van der Waals surface area (Å²) in [7, 11) is 1.62. The highest BCUT2D eigenvalue weighted by Crippen LogP contribution is 2.20. The van der Waals surface area contributed by atoms with Crippen molar-refractivity contribution in [2.75, 3.05) is 19.0 Å². The summed E-state index contributed by atoms with van der Waals surface area (Å²) < 4.78 is 5.02. The molecule has 0 aliphatic rings. The van der Waals surface area contributed by atoms with Crippen molar-refractivity contribution in [3.05, 3.63) is 47.4 Å². The normalized spacial score (nSPS) is 10.4. The number of para-hydroxylation sites is 1. The number of ether oxygens (including phenoxy) is 1. The van der Waals surface area contributed by atoms with Crippen LogP contribution in [-0.2, 0) is 11.2 Å². The first-order chi connectivity index (χ1) is 10.1. The second-order valence-electron chi connectivity index (χ2n) is 4.53. The zero-order valence-electron chi connectivity index (χ0n) is 12.0. The molecule has 0 bridgehead atoms. The SMILES string of the molecule is COCCc1nc(C)cc(Nc2ccccc2C(=O)O)n1. The van der Waals surface area contributed by atoms with Crippen LogP contribution in [0, 0.1) is 6.92 Å². The molecule has 1 heterocycles. The number of carboxylic acids is 1. The predicted octanol–water partition coefficient (Wildman–Crippen LogP) is 2.42. The highest BCUT2D eigenvalue weighted by molar-refractivity contribution is 5.94. The quantitative estimate of drug-likeness (QED) is 0.848. The molecule has 1 aromatic heterocycles. The van der Waals surface area contributed by atoms with Gasteiger partial charge in [0.25, 0.3) is 0 Å². The van der Waals surface area contributed by atoms with Crippen molar-refractivity contribution in [3.63, 3.8) is 0 Å². The average molecular weight is 287 g/mol. The van der Waals surface area contributed by atoms with Gasteiger partial charge in [0, 0.05) is 25.3 Å². The molecule has 2 aromatic rings. The van der Waals surface area contributed by atoms with Gasteiger partial charge in [-0.2, -0.15) is 0 Å². The number of hydrogen-bond donors (Lipinski definition) is 2. The van der Waals surface area contributed by atoms with E-state index in [0.717, 1.165) is 5.69 Å². The van der Waals surface area contributed by atoms with Gasteiger partial charge in [0.15, 0.2) is 0 Å². The van der Waals surface area contributed by atoms with Crippen molar-refractivity contribution < 1.29 is 14.6 Å². The van der Waals surface area contributed by atoms with Gasteiger partial charge < -0.3 is 15.2 Å². The number of carbonyl (C=O) groups is 1. The molecule has 0 unspecified atom stereocenters. The smallest absolute Gasteiger partial charge is 0.337 e. The first-order valence-electron chi connectivity index (χ1n) is 6.53. The Kier molecular flexibility index (Phi) is 4.84. The largest absolute Gasteiger partial charge is 0.478 e. The number of methoxy groups -OCH3 is 1. The number of aromatic nitrogens is 2. The maximum atomic E-state index is 11.2. The van der Waals surface area contributed by atoms with Crippen LogP contribution >= 0.6 is 0 Å². The molecule has 0 radical (unpaired) electrons. The number of benzene rings is 1. The van der Waals surface area contributed by atoms with Crippen molar-refractivity contribution in [1.29, 1.82) is 0 Å². The number of aromatic carboxylic acids is 1. The summed E-state index contributed by atoms with van der Waals surface area (Å²) in [5.41, 5.74) is 1.51. The van der Waals surface area contributed by atoms with E-state index in [1.165, 1.54) is 0 Å². The third kappa shape index (κ3) is 4.00. The number of rotatable bonds is 6. The van der Waals surface area contributed by atoms with E-state index in [9.17, 15) is 9.90 Å². The maximum absolute atomic E-state index is 11.2. The van der Waals surface area contributed by atoms with Gasteiger partial charge in [-0.05, 0) is 19.1 Å². The van der Waals surface area contributed by atoms with Gasteiger partial charge in [0.05, 0.1) is 17.9 Å². The van der Waals surface area contributed by atoms with Crippen molar-refractivity contribution >= 4 is 17.5 Å². The predicted molar refractivity (Wildman–Crippen MR) is 79.0 cm³/mol. The van der Waals surface area contributed by atoms with Crippen LogP contribution in [0.5, 0.6) is 0 Å². The van der Waals surface area contributed by atoms with E-state index >= 15 is 0 Å². The van der Waals surface area contributed by atoms with E-state index < -0.39 is 5.97 Å². The zero-order chi connectivity index (χ0) is 15.2. The molecule has 0 saturated carbocycles. The topological polar surface area (TPSA) is 84.3 Å². The summed E-state index contributed by atoms with van der Waals surface area (Å²) in [6.07, 6.45) is 0.605. The molecule has 21 heavy (non-hydrogen) atoms. The van der Waals surface area contributed by atoms with Crippen LogP contribution in [0.2, 0.25) is 0 Å². The van der Waals surface area contributed by atoms with E-state index in [0.29, 0.717) is 30.4 Å². The Morgan fingerprint density at radius 1 is 1.33 bits per heavy atom. The lowest BCUT2D eigenvalue weighted by Crippen LogP contribution is -2.07. The molecule has 0 saturated heterocycles. The first kappa shape index (κ1) is 14.9. The third-order valence-electron chi connectivity index (χ3n) is 2.85. The van der Waals surface area contributed by atoms with Gasteiger partial charge in [0.2, 0.25) is 0 Å². The lowest BCUT2D eigenvalue weighted by molar-refractivity contribution is 0.0698. The molecule has 1 aromatic carbocycles. The van der Waals surface area contributed by atoms with Crippen molar-refractivity contribution in [1.82, 2.24) is 9.97 Å². The molecule has 0 fully saturated rings. The van der Waals surface area contributed by atoms with Crippen molar-refractivity contribution in [3.8, 4) is 0 Å². The standard InChI is InChI=1S/C15H17N3O3/c1-10-9-14(18-13(16-10)7-8-21-2)17-12-6-4-3-5-11(12)15(19)20/h3-6,9H,7-8H2,1-2H3,(H,19,20)(H,16,17,18). The van der Waals surface area contributed by atoms with Crippen LogP contribution in [0.4, 0.5) is 11.5 Å². The molecular weight excluding hydrogens is 270 g/mol. The summed E-state index contributed by atoms with van der Waals surface area (Å²) in [4.78, 5) is 19.9. The van der Waals surface area contributed by atoms with E-state index in [1.807, 2.05) is 6.92 Å². The monoisotopic (exact) mass is 287 g/mol. The second-order valence-corrected chi connectivity index (χ2v) is 4.53. The van der Waals surface area contributed by atoms with Gasteiger partial charge in [0.1, 0.15) is 11.6 Å². The maximum Gasteiger partial charge on any atom is 0.337 e. The average Bonchev–Trinajstić information content (AvgIpc) is 2.45. The van der Waals surface area contributed by atoms with Gasteiger partial charge in [-0.1, -0.05) is 12.1 Å². The minimum absolute atomic E-state index is 0.201. The molecule has 6 heteroatoms. The van der Waals surface area contributed by atoms with E-state index in [4.69, 9.17) is 4.74 Å². The lowest BCUT2D eigenvalue weighted by Gasteiger charge is -2.10. The molecule has 0 atom stereocenters. The van der Waals surface area contributed by atoms with Gasteiger partial charge >= 0.3 is 5.97 Å². The Morgan fingerprint density at radius 2 is 2.10 bits per heavy atom. The molecular formula is C15H17N3O3. The number of nitrogens with one attached hydrogen (secondary N) is 1. The summed E-state index contributed by atoms with van der Waals surface area (Å²) in [5, 5.41) is 12.2. The number of aryl methyl sites for hydroxylation is 1. The van der Waals surface area contributed by atoms with E-state index in [2.05, 4.69) is 15.3 Å². The molecule has 2 rings (SSSR count). The second kappa shape index (κ2) is 6.81. The summed E-state index contributed by atoms with van der Waals surface area (Å²) in [5.74, 6) is 0.248. The minimum atomic E-state index is -0.983. The van der Waals surface area contributed by atoms with E-state index in [-0.39, 0.29) is 5.56 Å². The number of nitrogens with zero attached hydrogens (tertiary/aromatic N) is 2. The highest BCUT2D eigenvalue weighted by Gasteiger charge is 2.10. The first-order valence-corrected chi connectivity index (χ1v) is 6.53. The van der Waals surface area contributed by atoms with Crippen molar-refractivity contribution in [2.45, 2.75) is 13.3 Å². The Bertz CT molecular complexity index is 644. The van der Waals surface area contributed by atoms with Crippen LogP contribution in [0.1, 0.15) is 21.9 Å². The Labute approximate surface area is 122 Å². The molecule has 0 aliphatic carbocycles. The molecule has 6 nitrogen and oxygen atoms in total. The minimum Gasteiger partial charge on any atom is -0.478 e. The van der Waals surface area contributed by atoms with Crippen LogP contribution in [0.15, 0.2) is 30.3 Å². The van der Waals surface area contributed by atoms with Gasteiger partial charge in [-0.15, -0.1) is 0 Å². The van der Waals surface area contributed by atoms with Gasteiger partial charge in [-0.3, -0.25) is 0 Å². The highest BCUT2D eigenvalue weighted by atomic mass is 16.5. The Balaban J connectivity index is 2.27.